The van der Waals surface area contributed by atoms with Crippen LogP contribution in [0.2, 0.25) is 0 Å². The van der Waals surface area contributed by atoms with Gasteiger partial charge in [0.05, 0.1) is 0 Å². The predicted molar refractivity (Wildman–Crippen MR) is 41.9 cm³/mol. The Morgan fingerprint density at radius 2 is 2.50 bits per heavy atom. The molecule has 1 aromatic heterocycles. The van der Waals surface area contributed by atoms with E-state index in [1.54, 1.807) is 18.3 Å². The number of hydrogen-bond acceptors (Lipinski definition) is 4. The van der Waals surface area contributed by atoms with Crippen LogP contribution in [-0.2, 0) is 4.79 Å². The minimum atomic E-state index is -1.02. The molecule has 1 aromatic rings. The zero-order chi connectivity index (χ0) is 8.97. The average Bonchev–Trinajstić information content (AvgIpc) is 2.07. The van der Waals surface area contributed by atoms with Crippen LogP contribution < -0.4 is 11.3 Å². The molecule has 1 unspecified atom stereocenters. The third kappa shape index (κ3) is 1.77. The number of hydrogen-bond donors (Lipinski definition) is 3. The molecule has 1 atom stereocenters. The van der Waals surface area contributed by atoms with Gasteiger partial charge in [-0.25, -0.2) is 5.43 Å². The Hall–Kier alpha value is -1.46. The maximum Gasteiger partial charge on any atom is 0.326 e. The average molecular weight is 167 g/mol. The van der Waals surface area contributed by atoms with Crippen LogP contribution in [0.5, 0.6) is 0 Å². The molecule has 5 heteroatoms. The highest BCUT2D eigenvalue weighted by Crippen LogP contribution is 2.09. The summed E-state index contributed by atoms with van der Waals surface area (Å²) >= 11 is 0. The highest BCUT2D eigenvalue weighted by Gasteiger charge is 2.16. The third-order valence-corrected chi connectivity index (χ3v) is 1.43. The van der Waals surface area contributed by atoms with Crippen molar-refractivity contribution in [2.75, 3.05) is 0 Å². The Morgan fingerprint density at radius 3 is 2.92 bits per heavy atom. The van der Waals surface area contributed by atoms with E-state index in [1.807, 2.05) is 0 Å². The Bertz CT molecular complexity index is 263. The summed E-state index contributed by atoms with van der Waals surface area (Å²) in [6, 6.07) is 2.41. The number of nitrogens with one attached hydrogen (secondary N) is 1. The maximum absolute atomic E-state index is 10.6. The van der Waals surface area contributed by atoms with Crippen molar-refractivity contribution >= 4 is 5.97 Å². The number of nitrogens with zero attached hydrogens (tertiary/aromatic N) is 1. The fourth-order valence-corrected chi connectivity index (χ4v) is 0.857. The number of aromatic nitrogens is 1. The summed E-state index contributed by atoms with van der Waals surface area (Å²) in [5, 5.41) is 8.66. The quantitative estimate of drug-likeness (QED) is 0.423. The Morgan fingerprint density at radius 1 is 1.75 bits per heavy atom. The van der Waals surface area contributed by atoms with E-state index in [0.717, 1.165) is 0 Å². The molecule has 1 rings (SSSR count). The number of carboxylic acids is 1. The summed E-state index contributed by atoms with van der Waals surface area (Å²) < 4.78 is 0. The first-order valence-corrected chi connectivity index (χ1v) is 3.34. The molecular weight excluding hydrogens is 158 g/mol. The fourth-order valence-electron chi connectivity index (χ4n) is 0.857. The monoisotopic (exact) mass is 167 g/mol. The van der Waals surface area contributed by atoms with Crippen molar-refractivity contribution in [2.24, 2.45) is 5.84 Å². The molecule has 0 saturated carbocycles. The summed E-state index contributed by atoms with van der Waals surface area (Å²) in [7, 11) is 0. The largest absolute Gasteiger partial charge is 0.480 e. The summed E-state index contributed by atoms with van der Waals surface area (Å²) in [5.41, 5.74) is 2.71. The van der Waals surface area contributed by atoms with Gasteiger partial charge in [-0.3, -0.25) is 15.6 Å². The van der Waals surface area contributed by atoms with Crippen molar-refractivity contribution in [3.05, 3.63) is 30.1 Å². The van der Waals surface area contributed by atoms with E-state index in [0.29, 0.717) is 5.56 Å². The molecule has 64 valence electrons. The van der Waals surface area contributed by atoms with Gasteiger partial charge in [0, 0.05) is 12.4 Å². The summed E-state index contributed by atoms with van der Waals surface area (Å²) in [5.74, 6) is 4.02. The van der Waals surface area contributed by atoms with Gasteiger partial charge in [0.1, 0.15) is 6.04 Å². The molecule has 0 saturated heterocycles. The van der Waals surface area contributed by atoms with Crippen LogP contribution in [0.3, 0.4) is 0 Å². The lowest BCUT2D eigenvalue weighted by Gasteiger charge is -2.09. The van der Waals surface area contributed by atoms with Crippen molar-refractivity contribution in [3.8, 4) is 0 Å². The number of hydrazine groups is 1. The second kappa shape index (κ2) is 3.80. The molecule has 0 fully saturated rings. The van der Waals surface area contributed by atoms with E-state index in [1.165, 1.54) is 6.20 Å². The Balaban J connectivity index is 2.88. The van der Waals surface area contributed by atoms with Crippen LogP contribution in [-0.4, -0.2) is 16.1 Å². The van der Waals surface area contributed by atoms with Gasteiger partial charge in [-0.15, -0.1) is 0 Å². The molecule has 0 bridgehead atoms. The van der Waals surface area contributed by atoms with E-state index >= 15 is 0 Å². The van der Waals surface area contributed by atoms with Crippen LogP contribution in [0, 0.1) is 0 Å². The minimum absolute atomic E-state index is 0.535. The van der Waals surface area contributed by atoms with Gasteiger partial charge in [-0.2, -0.15) is 0 Å². The zero-order valence-electron chi connectivity index (χ0n) is 6.27. The topological polar surface area (TPSA) is 88.2 Å². The molecule has 4 N–H and O–H groups in total. The summed E-state index contributed by atoms with van der Waals surface area (Å²) in [6.45, 7) is 0. The van der Waals surface area contributed by atoms with Gasteiger partial charge < -0.3 is 5.11 Å². The van der Waals surface area contributed by atoms with Crippen molar-refractivity contribution in [2.45, 2.75) is 6.04 Å². The lowest BCUT2D eigenvalue weighted by Crippen LogP contribution is -2.33. The number of rotatable bonds is 3. The normalized spacial score (nSPS) is 12.4. The number of aliphatic carboxylic acids is 1. The van der Waals surface area contributed by atoms with Gasteiger partial charge >= 0.3 is 5.97 Å². The number of pyridine rings is 1. The van der Waals surface area contributed by atoms with Crippen LogP contribution in [0.4, 0.5) is 0 Å². The molecule has 0 aromatic carbocycles. The van der Waals surface area contributed by atoms with Crippen molar-refractivity contribution < 1.29 is 9.90 Å². The zero-order valence-corrected chi connectivity index (χ0v) is 6.27. The first kappa shape index (κ1) is 8.63. The number of carbonyl (C=O) groups is 1. The Labute approximate surface area is 69.2 Å². The highest BCUT2D eigenvalue weighted by molar-refractivity contribution is 5.75. The van der Waals surface area contributed by atoms with Gasteiger partial charge in [-0.1, -0.05) is 6.07 Å². The van der Waals surface area contributed by atoms with Gasteiger partial charge in [0.15, 0.2) is 0 Å². The van der Waals surface area contributed by atoms with E-state index in [-0.39, 0.29) is 0 Å². The first-order valence-electron chi connectivity index (χ1n) is 3.34. The predicted octanol–water partition coefficient (Wildman–Crippen LogP) is -0.329. The summed E-state index contributed by atoms with van der Waals surface area (Å²) in [6.07, 6.45) is 3.03. The first-order chi connectivity index (χ1) is 5.75. The smallest absolute Gasteiger partial charge is 0.326 e. The molecule has 5 nitrogen and oxygen atoms in total. The fraction of sp³-hybridized carbons (Fsp3) is 0.143. The van der Waals surface area contributed by atoms with Gasteiger partial charge in [0.25, 0.3) is 0 Å². The molecule has 0 aliphatic carbocycles. The van der Waals surface area contributed by atoms with E-state index in [2.05, 4.69) is 10.4 Å². The summed E-state index contributed by atoms with van der Waals surface area (Å²) in [4.78, 5) is 14.3. The van der Waals surface area contributed by atoms with Crippen molar-refractivity contribution in [3.63, 3.8) is 0 Å². The number of nitrogens with two attached hydrogens (primary N) is 1. The van der Waals surface area contributed by atoms with Gasteiger partial charge in [0.2, 0.25) is 0 Å². The maximum atomic E-state index is 10.6. The molecule has 12 heavy (non-hydrogen) atoms. The standard InChI is InChI=1S/C7H9N3O2/c8-10-6(7(11)12)5-2-1-3-9-4-5/h1-4,6,10H,8H2,(H,11,12). The molecule has 1 heterocycles. The molecule has 0 radical (unpaired) electrons. The Kier molecular flexibility index (Phi) is 2.73. The van der Waals surface area contributed by atoms with Crippen LogP contribution >= 0.6 is 0 Å². The lowest BCUT2D eigenvalue weighted by molar-refractivity contribution is -0.139. The molecular formula is C7H9N3O2. The van der Waals surface area contributed by atoms with E-state index in [4.69, 9.17) is 10.9 Å². The minimum Gasteiger partial charge on any atom is -0.480 e. The van der Waals surface area contributed by atoms with Crippen LogP contribution in [0.15, 0.2) is 24.5 Å². The van der Waals surface area contributed by atoms with Crippen LogP contribution in [0.1, 0.15) is 11.6 Å². The number of carboxylic acid groups (broad SMARTS) is 1. The van der Waals surface area contributed by atoms with E-state index < -0.39 is 12.0 Å². The van der Waals surface area contributed by atoms with Crippen molar-refractivity contribution in [1.29, 1.82) is 0 Å². The SMILES string of the molecule is NNC(C(=O)O)c1cccnc1. The van der Waals surface area contributed by atoms with Crippen LogP contribution in [0.25, 0.3) is 0 Å². The highest BCUT2D eigenvalue weighted by atomic mass is 16.4. The second-order valence-corrected chi connectivity index (χ2v) is 2.22. The third-order valence-electron chi connectivity index (χ3n) is 1.43. The molecule has 0 amide bonds. The van der Waals surface area contributed by atoms with E-state index in [9.17, 15) is 4.79 Å². The molecule has 0 aliphatic rings. The van der Waals surface area contributed by atoms with Gasteiger partial charge in [-0.05, 0) is 11.6 Å². The molecule has 0 spiro atoms. The second-order valence-electron chi connectivity index (χ2n) is 2.22. The molecule has 0 aliphatic heterocycles. The lowest BCUT2D eigenvalue weighted by atomic mass is 10.1. The van der Waals surface area contributed by atoms with Crippen molar-refractivity contribution in [1.82, 2.24) is 10.4 Å².